The van der Waals surface area contributed by atoms with E-state index in [4.69, 9.17) is 4.42 Å². The first-order chi connectivity index (χ1) is 32.5. The van der Waals surface area contributed by atoms with Crippen molar-refractivity contribution in [3.63, 3.8) is 0 Å². The lowest BCUT2D eigenvalue weighted by Gasteiger charge is -2.44. The predicted molar refractivity (Wildman–Crippen MR) is 279 cm³/mol. The van der Waals surface area contributed by atoms with E-state index >= 15 is 0 Å². The molecular weight excluding hydrogens is 842 g/mol. The van der Waals surface area contributed by atoms with Crippen molar-refractivity contribution in [2.45, 2.75) is 29.1 Å². The molecule has 0 unspecified atom stereocenters. The Kier molecular flexibility index (Phi) is 7.44. The molecule has 2 bridgehead atoms. The molecule has 0 amide bonds. The second-order valence-corrected chi connectivity index (χ2v) is 20.5. The monoisotopic (exact) mass is 879 g/mol. The van der Waals surface area contributed by atoms with Gasteiger partial charge in [0.15, 0.2) is 0 Å². The molecular formula is C59H38BN3OS2. The number of hydrogen-bond donors (Lipinski definition) is 0. The normalized spacial score (nSPS) is 14.8. The van der Waals surface area contributed by atoms with Crippen LogP contribution >= 0.6 is 23.1 Å². The molecule has 0 spiro atoms. The molecule has 2 aromatic heterocycles. The molecule has 3 aliphatic heterocycles. The van der Waals surface area contributed by atoms with Crippen molar-refractivity contribution in [1.29, 1.82) is 0 Å². The molecule has 0 fully saturated rings. The van der Waals surface area contributed by atoms with Gasteiger partial charge in [-0.3, -0.25) is 0 Å². The van der Waals surface area contributed by atoms with Crippen LogP contribution in [-0.4, -0.2) is 6.71 Å². The number of benzene rings is 9. The highest BCUT2D eigenvalue weighted by Gasteiger charge is 2.48. The van der Waals surface area contributed by atoms with Crippen LogP contribution in [0.25, 0.3) is 43.2 Å². The minimum Gasteiger partial charge on any atom is -0.456 e. The van der Waals surface area contributed by atoms with Crippen LogP contribution in [0.4, 0.5) is 51.2 Å². The number of para-hydroxylation sites is 4. The van der Waals surface area contributed by atoms with E-state index < -0.39 is 0 Å². The Hall–Kier alpha value is -7.45. The maximum atomic E-state index is 7.09. The van der Waals surface area contributed by atoms with Gasteiger partial charge < -0.3 is 19.1 Å². The van der Waals surface area contributed by atoms with E-state index in [-0.39, 0.29) is 12.1 Å². The van der Waals surface area contributed by atoms with Crippen LogP contribution in [0, 0.1) is 0 Å². The molecule has 0 saturated heterocycles. The lowest BCUT2D eigenvalue weighted by atomic mass is 9.36. The molecule has 0 atom stereocenters. The number of anilines is 9. The van der Waals surface area contributed by atoms with Crippen LogP contribution in [0.2, 0.25) is 0 Å². The zero-order valence-electron chi connectivity index (χ0n) is 36.1. The van der Waals surface area contributed by atoms with E-state index in [1.165, 1.54) is 80.6 Å². The van der Waals surface area contributed by atoms with Crippen LogP contribution < -0.4 is 30.4 Å². The third kappa shape index (κ3) is 4.81. The number of nitrogens with zero attached hydrogens (tertiary/aromatic N) is 3. The smallest absolute Gasteiger partial charge is 0.264 e. The molecule has 7 heteroatoms. The van der Waals surface area contributed by atoms with Gasteiger partial charge in [-0.25, -0.2) is 0 Å². The van der Waals surface area contributed by atoms with Gasteiger partial charge in [0.1, 0.15) is 11.2 Å². The van der Waals surface area contributed by atoms with Gasteiger partial charge in [-0.15, -0.1) is 11.3 Å². The minimum absolute atomic E-state index is 0.0577. The molecule has 11 aromatic rings. The molecule has 5 heterocycles. The van der Waals surface area contributed by atoms with Gasteiger partial charge in [-0.05, 0) is 94.3 Å². The van der Waals surface area contributed by atoms with Crippen molar-refractivity contribution in [2.24, 2.45) is 0 Å². The lowest BCUT2D eigenvalue weighted by Crippen LogP contribution is -2.60. The fraction of sp³-hybridized carbons (Fsp3) is 0.0508. The summed E-state index contributed by atoms with van der Waals surface area (Å²) >= 11 is 3.78. The average molecular weight is 880 g/mol. The number of thiophene rings is 1. The summed E-state index contributed by atoms with van der Waals surface area (Å²) in [6.07, 6.45) is 0. The van der Waals surface area contributed by atoms with Crippen LogP contribution in [0.5, 0.6) is 0 Å². The van der Waals surface area contributed by atoms with E-state index in [0.29, 0.717) is 0 Å². The second-order valence-electron chi connectivity index (χ2n) is 18.4. The molecule has 1 aliphatic carbocycles. The van der Waals surface area contributed by atoms with Crippen LogP contribution in [0.1, 0.15) is 25.0 Å². The standard InChI is InChI=1S/C59H38BN3OS2/c1-59(2)40-22-9-6-19-37(40)53-41(59)23-16-26-45(53)63-47-34-49-54(38-20-7-12-27-48(38)64-49)57-55(47)60(58-56(63)39-21-8-13-28-50(39)66-58)42-32-31-36-33-46(42)62(57)44-25-11-15-30-52(44)65-51-29-14-10-24-43(51)61(36)35-17-4-3-5-18-35/h3-34H,1-2H3. The number of fused-ring (bicyclic) bond motifs is 17. The third-order valence-electron chi connectivity index (χ3n) is 14.6. The van der Waals surface area contributed by atoms with Crippen molar-refractivity contribution in [1.82, 2.24) is 0 Å². The van der Waals surface area contributed by atoms with E-state index in [0.717, 1.165) is 50.4 Å². The number of hydrogen-bond acceptors (Lipinski definition) is 6. The van der Waals surface area contributed by atoms with Crippen molar-refractivity contribution in [3.8, 4) is 11.1 Å². The first-order valence-corrected chi connectivity index (χ1v) is 24.3. The highest BCUT2D eigenvalue weighted by atomic mass is 32.2. The van der Waals surface area contributed by atoms with Crippen molar-refractivity contribution >= 4 is 129 Å². The van der Waals surface area contributed by atoms with Crippen LogP contribution in [-0.2, 0) is 5.41 Å². The SMILES string of the molecule is CC1(C)c2ccccc2-c2c(N3c4cc5oc6ccccc6c5c5c4B(c4ccc6cc4N5c4ccccc4Sc4ccccc4N6c4ccccc4)c4sc5ccccc5c43)cccc21. The molecule has 0 saturated carbocycles. The summed E-state index contributed by atoms with van der Waals surface area (Å²) in [5.74, 6) is 0. The Bertz CT molecular complexity index is 3890. The first kappa shape index (κ1) is 36.8. The Morgan fingerprint density at radius 2 is 1.15 bits per heavy atom. The van der Waals surface area contributed by atoms with Crippen molar-refractivity contribution < 1.29 is 4.42 Å². The summed E-state index contributed by atoms with van der Waals surface area (Å²) in [6.45, 7) is 4.70. The fourth-order valence-electron chi connectivity index (χ4n) is 11.8. The van der Waals surface area contributed by atoms with E-state index in [1.54, 1.807) is 0 Å². The van der Waals surface area contributed by atoms with Gasteiger partial charge >= 0.3 is 0 Å². The molecule has 0 N–H and O–H groups in total. The van der Waals surface area contributed by atoms with Crippen LogP contribution in [0.15, 0.2) is 208 Å². The van der Waals surface area contributed by atoms with E-state index in [1.807, 2.05) is 23.1 Å². The number of furan rings is 1. The maximum Gasteiger partial charge on any atom is 0.264 e. The second kappa shape index (κ2) is 13.3. The zero-order chi connectivity index (χ0) is 43.4. The topological polar surface area (TPSA) is 22.9 Å². The summed E-state index contributed by atoms with van der Waals surface area (Å²) in [6, 6.07) is 72.0. The lowest BCUT2D eigenvalue weighted by molar-refractivity contribution is 0.660. The first-order valence-electron chi connectivity index (χ1n) is 22.7. The van der Waals surface area contributed by atoms with Gasteiger partial charge in [0.2, 0.25) is 0 Å². The Morgan fingerprint density at radius 1 is 0.485 bits per heavy atom. The average Bonchev–Trinajstić information content (AvgIpc) is 4.00. The van der Waals surface area contributed by atoms with Crippen molar-refractivity contribution in [2.75, 3.05) is 14.7 Å². The molecule has 15 rings (SSSR count). The van der Waals surface area contributed by atoms with E-state index in [2.05, 4.69) is 223 Å². The van der Waals surface area contributed by atoms with Gasteiger partial charge in [0.05, 0.1) is 33.8 Å². The van der Waals surface area contributed by atoms with Gasteiger partial charge in [-0.1, -0.05) is 147 Å². The summed E-state index contributed by atoms with van der Waals surface area (Å²) in [7, 11) is 0. The van der Waals surface area contributed by atoms with Crippen molar-refractivity contribution in [3.05, 3.63) is 205 Å². The van der Waals surface area contributed by atoms with Gasteiger partial charge in [0, 0.05) is 69.8 Å². The van der Waals surface area contributed by atoms with Gasteiger partial charge in [0.25, 0.3) is 6.71 Å². The Morgan fingerprint density at radius 3 is 2.00 bits per heavy atom. The molecule has 310 valence electrons. The predicted octanol–water partition coefficient (Wildman–Crippen LogP) is 15.1. The molecule has 0 radical (unpaired) electrons. The Labute approximate surface area is 391 Å². The molecule has 66 heavy (non-hydrogen) atoms. The Balaban J connectivity index is 1.12. The van der Waals surface area contributed by atoms with E-state index in [9.17, 15) is 0 Å². The largest absolute Gasteiger partial charge is 0.456 e. The zero-order valence-corrected chi connectivity index (χ0v) is 37.8. The highest BCUT2D eigenvalue weighted by Crippen LogP contribution is 2.58. The summed E-state index contributed by atoms with van der Waals surface area (Å²) < 4.78 is 9.73. The van der Waals surface area contributed by atoms with Crippen LogP contribution in [0.3, 0.4) is 0 Å². The molecule has 4 nitrogen and oxygen atoms in total. The minimum atomic E-state index is -0.159. The maximum absolute atomic E-state index is 7.09. The quantitative estimate of drug-likeness (QED) is 0.161. The van der Waals surface area contributed by atoms with Gasteiger partial charge in [-0.2, -0.15) is 0 Å². The summed E-state index contributed by atoms with van der Waals surface area (Å²) in [4.78, 5) is 10.0. The third-order valence-corrected chi connectivity index (χ3v) is 16.9. The highest BCUT2D eigenvalue weighted by molar-refractivity contribution is 7.99. The fourth-order valence-corrected chi connectivity index (χ4v) is 14.2. The number of rotatable bonds is 2. The molecule has 9 aromatic carbocycles. The summed E-state index contributed by atoms with van der Waals surface area (Å²) in [5.41, 5.74) is 20.0. The summed E-state index contributed by atoms with van der Waals surface area (Å²) in [5, 5.41) is 3.52. The molecule has 4 aliphatic rings.